The topological polar surface area (TPSA) is 63.2 Å². The summed E-state index contributed by atoms with van der Waals surface area (Å²) in [7, 11) is 1.78. The van der Waals surface area contributed by atoms with Crippen molar-refractivity contribution in [3.05, 3.63) is 77.2 Å². The first-order valence-electron chi connectivity index (χ1n) is 10.2. The van der Waals surface area contributed by atoms with E-state index >= 15 is 0 Å². The van der Waals surface area contributed by atoms with E-state index in [1.54, 1.807) is 18.1 Å². The van der Waals surface area contributed by atoms with E-state index in [4.69, 9.17) is 0 Å². The molecule has 1 aromatic carbocycles. The lowest BCUT2D eigenvalue weighted by atomic mass is 10.0. The molecule has 30 heavy (non-hydrogen) atoms. The van der Waals surface area contributed by atoms with E-state index in [0.717, 1.165) is 33.8 Å². The summed E-state index contributed by atoms with van der Waals surface area (Å²) in [5, 5.41) is 0. The molecule has 0 bridgehead atoms. The fraction of sp³-hybridized carbons (Fsp3) is 0.280. The molecule has 3 aromatic rings. The molecule has 0 atom stereocenters. The number of nitrogens with zero attached hydrogens (tertiary/aromatic N) is 3. The maximum atomic E-state index is 12.5. The average molecular weight is 402 g/mol. The van der Waals surface area contributed by atoms with E-state index in [0.29, 0.717) is 24.8 Å². The summed E-state index contributed by atoms with van der Waals surface area (Å²) in [4.78, 5) is 34.9. The van der Waals surface area contributed by atoms with Gasteiger partial charge in [0.25, 0.3) is 0 Å². The molecule has 2 heterocycles. The van der Waals surface area contributed by atoms with Crippen LogP contribution in [0, 0.1) is 13.8 Å². The number of hydrogen-bond donors (Lipinski definition) is 0. The first kappa shape index (κ1) is 21.4. The fourth-order valence-corrected chi connectivity index (χ4v) is 3.29. The Morgan fingerprint density at radius 1 is 0.967 bits per heavy atom. The summed E-state index contributed by atoms with van der Waals surface area (Å²) in [6.45, 7) is 5.80. The number of Topliss-reactive ketones (excluding diaryl/α,β-unsaturated/α-hetero) is 1. The average Bonchev–Trinajstić information content (AvgIpc) is 2.77. The highest BCUT2D eigenvalue weighted by Gasteiger charge is 2.12. The van der Waals surface area contributed by atoms with Gasteiger partial charge < -0.3 is 4.90 Å². The number of ketones is 1. The Bertz CT molecular complexity index is 1040. The lowest BCUT2D eigenvalue weighted by molar-refractivity contribution is -0.118. The summed E-state index contributed by atoms with van der Waals surface area (Å²) in [6.07, 6.45) is 5.03. The van der Waals surface area contributed by atoms with Crippen LogP contribution in [0.25, 0.3) is 11.3 Å². The number of rotatable bonds is 7. The highest BCUT2D eigenvalue weighted by molar-refractivity contribution is 5.96. The van der Waals surface area contributed by atoms with E-state index in [1.807, 2.05) is 69.4 Å². The van der Waals surface area contributed by atoms with Gasteiger partial charge in [0.05, 0.1) is 5.69 Å². The molecule has 5 heteroatoms. The Kier molecular flexibility index (Phi) is 6.72. The molecule has 2 aromatic heterocycles. The number of benzene rings is 1. The van der Waals surface area contributed by atoms with Crippen LogP contribution < -0.4 is 4.90 Å². The minimum Gasteiger partial charge on any atom is -0.316 e. The smallest absolute Gasteiger partial charge is 0.226 e. The zero-order valence-corrected chi connectivity index (χ0v) is 18.0. The SMILES string of the molecule is CCC(=O)N(C)c1ccc(-c2ccc(C(=O)CCc3ccc(C)nc3)cn2)c(C)c1. The molecule has 1 amide bonds. The van der Waals surface area contributed by atoms with Gasteiger partial charge in [0.2, 0.25) is 5.91 Å². The van der Waals surface area contributed by atoms with Crippen molar-refractivity contribution in [3.8, 4) is 11.3 Å². The summed E-state index contributed by atoms with van der Waals surface area (Å²) in [6, 6.07) is 13.6. The Morgan fingerprint density at radius 3 is 2.37 bits per heavy atom. The van der Waals surface area contributed by atoms with Crippen molar-refractivity contribution in [3.63, 3.8) is 0 Å². The van der Waals surface area contributed by atoms with E-state index in [1.165, 1.54) is 0 Å². The Hall–Kier alpha value is -3.34. The van der Waals surface area contributed by atoms with Crippen molar-refractivity contribution in [1.82, 2.24) is 9.97 Å². The van der Waals surface area contributed by atoms with Crippen molar-refractivity contribution < 1.29 is 9.59 Å². The van der Waals surface area contributed by atoms with Crippen molar-refractivity contribution >= 4 is 17.4 Å². The van der Waals surface area contributed by atoms with Gasteiger partial charge in [-0.05, 0) is 61.7 Å². The second-order valence-electron chi connectivity index (χ2n) is 7.47. The third-order valence-electron chi connectivity index (χ3n) is 5.25. The monoisotopic (exact) mass is 401 g/mol. The van der Waals surface area contributed by atoms with Gasteiger partial charge in [-0.3, -0.25) is 19.6 Å². The van der Waals surface area contributed by atoms with Gasteiger partial charge in [-0.1, -0.05) is 19.1 Å². The summed E-state index contributed by atoms with van der Waals surface area (Å²) < 4.78 is 0. The lowest BCUT2D eigenvalue weighted by Crippen LogP contribution is -2.25. The van der Waals surface area contributed by atoms with Crippen LogP contribution in [0.3, 0.4) is 0 Å². The molecule has 0 unspecified atom stereocenters. The van der Waals surface area contributed by atoms with Gasteiger partial charge in [0.1, 0.15) is 0 Å². The zero-order chi connectivity index (χ0) is 21.7. The zero-order valence-electron chi connectivity index (χ0n) is 18.0. The third kappa shape index (κ3) is 4.98. The van der Waals surface area contributed by atoms with Crippen LogP contribution in [-0.2, 0) is 11.2 Å². The molecule has 3 rings (SSSR count). The molecule has 0 aliphatic rings. The molecule has 0 saturated carbocycles. The number of carbonyl (C=O) groups is 2. The summed E-state index contributed by atoms with van der Waals surface area (Å²) in [5.74, 6) is 0.144. The lowest BCUT2D eigenvalue weighted by Gasteiger charge is -2.18. The number of anilines is 1. The van der Waals surface area contributed by atoms with Crippen LogP contribution >= 0.6 is 0 Å². The largest absolute Gasteiger partial charge is 0.316 e. The molecule has 0 fully saturated rings. The molecular formula is C25H27N3O2. The standard InChI is InChI=1S/C25H27N3O2/c1-5-25(30)28(4)21-10-11-22(17(2)14-21)23-12-9-20(16-27-23)24(29)13-8-19-7-6-18(3)26-15-19/h6-7,9-12,14-16H,5,8,13H2,1-4H3. The first-order valence-corrected chi connectivity index (χ1v) is 10.2. The van der Waals surface area contributed by atoms with E-state index in [2.05, 4.69) is 9.97 Å². The summed E-state index contributed by atoms with van der Waals surface area (Å²) in [5.41, 5.74) is 6.32. The number of hydrogen-bond acceptors (Lipinski definition) is 4. The molecule has 0 N–H and O–H groups in total. The van der Waals surface area contributed by atoms with Crippen LogP contribution in [0.1, 0.15) is 46.9 Å². The van der Waals surface area contributed by atoms with Crippen LogP contribution in [-0.4, -0.2) is 28.7 Å². The molecule has 0 radical (unpaired) electrons. The second kappa shape index (κ2) is 9.44. The maximum absolute atomic E-state index is 12.5. The number of pyridine rings is 2. The van der Waals surface area contributed by atoms with Gasteiger partial charge in [-0.15, -0.1) is 0 Å². The van der Waals surface area contributed by atoms with Crippen molar-refractivity contribution in [2.45, 2.75) is 40.0 Å². The van der Waals surface area contributed by atoms with Gasteiger partial charge in [0.15, 0.2) is 5.78 Å². The van der Waals surface area contributed by atoms with E-state index < -0.39 is 0 Å². The van der Waals surface area contributed by atoms with Crippen molar-refractivity contribution in [2.24, 2.45) is 0 Å². The van der Waals surface area contributed by atoms with Crippen molar-refractivity contribution in [2.75, 3.05) is 11.9 Å². The van der Waals surface area contributed by atoms with Gasteiger partial charge in [-0.2, -0.15) is 0 Å². The minimum atomic E-state index is 0.0707. The molecule has 0 spiro atoms. The van der Waals surface area contributed by atoms with Crippen LogP contribution in [0.5, 0.6) is 0 Å². The maximum Gasteiger partial charge on any atom is 0.226 e. The Morgan fingerprint density at radius 2 is 1.77 bits per heavy atom. The second-order valence-corrected chi connectivity index (χ2v) is 7.47. The molecule has 0 saturated heterocycles. The quantitative estimate of drug-likeness (QED) is 0.526. The highest BCUT2D eigenvalue weighted by Crippen LogP contribution is 2.26. The van der Waals surface area contributed by atoms with E-state index in [9.17, 15) is 9.59 Å². The fourth-order valence-electron chi connectivity index (χ4n) is 3.29. The number of aryl methyl sites for hydroxylation is 3. The molecular weight excluding hydrogens is 374 g/mol. The summed E-state index contributed by atoms with van der Waals surface area (Å²) >= 11 is 0. The molecule has 0 aliphatic carbocycles. The first-order chi connectivity index (χ1) is 14.4. The normalized spacial score (nSPS) is 10.7. The van der Waals surface area contributed by atoms with Crippen LogP contribution in [0.4, 0.5) is 5.69 Å². The predicted octanol–water partition coefficient (Wildman–Crippen LogP) is 4.95. The highest BCUT2D eigenvalue weighted by atomic mass is 16.2. The predicted molar refractivity (Wildman–Crippen MR) is 120 cm³/mol. The van der Waals surface area contributed by atoms with Crippen LogP contribution in [0.2, 0.25) is 0 Å². The number of carbonyl (C=O) groups excluding carboxylic acids is 2. The number of aromatic nitrogens is 2. The van der Waals surface area contributed by atoms with Crippen LogP contribution in [0.15, 0.2) is 54.9 Å². The van der Waals surface area contributed by atoms with Crippen molar-refractivity contribution in [1.29, 1.82) is 0 Å². The Balaban J connectivity index is 1.69. The third-order valence-corrected chi connectivity index (χ3v) is 5.25. The van der Waals surface area contributed by atoms with Gasteiger partial charge >= 0.3 is 0 Å². The minimum absolute atomic E-state index is 0.0707. The molecule has 0 aliphatic heterocycles. The van der Waals surface area contributed by atoms with E-state index in [-0.39, 0.29) is 11.7 Å². The van der Waals surface area contributed by atoms with Gasteiger partial charge in [0, 0.05) is 54.8 Å². The van der Waals surface area contributed by atoms with Gasteiger partial charge in [-0.25, -0.2) is 0 Å². The number of amides is 1. The molecule has 154 valence electrons. The molecule has 5 nitrogen and oxygen atoms in total. The Labute approximate surface area is 177 Å².